The van der Waals surface area contributed by atoms with Gasteiger partial charge in [-0.1, -0.05) is 6.92 Å². The van der Waals surface area contributed by atoms with E-state index in [2.05, 4.69) is 12.2 Å². The second-order valence-electron chi connectivity index (χ2n) is 4.39. The number of Topliss-reactive ketones (excluding diaryl/α,β-unsaturated/α-hetero) is 2. The Kier molecular flexibility index (Phi) is 3.81. The van der Waals surface area contributed by atoms with Crippen molar-refractivity contribution in [3.63, 3.8) is 0 Å². The van der Waals surface area contributed by atoms with Gasteiger partial charge in [-0.05, 0) is 39.2 Å². The van der Waals surface area contributed by atoms with Crippen LogP contribution in [0.1, 0.15) is 33.6 Å². The van der Waals surface area contributed by atoms with Crippen molar-refractivity contribution < 1.29 is 9.59 Å². The molecule has 0 radical (unpaired) electrons. The summed E-state index contributed by atoms with van der Waals surface area (Å²) in [5.74, 6) is 0.161. The second-order valence-corrected chi connectivity index (χ2v) is 4.39. The minimum absolute atomic E-state index is 0.0101. The summed E-state index contributed by atoms with van der Waals surface area (Å²) in [4.78, 5) is 22.7. The van der Waals surface area contributed by atoms with Gasteiger partial charge in [0.25, 0.3) is 0 Å². The molecule has 0 saturated carbocycles. The molecule has 2 atom stereocenters. The van der Waals surface area contributed by atoms with Crippen molar-refractivity contribution in [2.45, 2.75) is 39.7 Å². The molecule has 0 spiro atoms. The highest BCUT2D eigenvalue weighted by Gasteiger charge is 2.32. The lowest BCUT2D eigenvalue weighted by Gasteiger charge is -2.31. The molecule has 3 heteroatoms. The zero-order valence-electron chi connectivity index (χ0n) is 9.17. The SMILES string of the molecule is CC(=O)C(C(C)=O)C1CC(C)CCN1. The zero-order valence-corrected chi connectivity index (χ0v) is 9.17. The van der Waals surface area contributed by atoms with Crippen molar-refractivity contribution in [2.24, 2.45) is 11.8 Å². The minimum Gasteiger partial charge on any atom is -0.313 e. The molecule has 0 aromatic heterocycles. The predicted molar refractivity (Wildman–Crippen MR) is 55.0 cm³/mol. The predicted octanol–water partition coefficient (Wildman–Crippen LogP) is 1.17. The number of carbonyl (C=O) groups is 2. The third-order valence-electron chi connectivity index (χ3n) is 2.98. The Balaban J connectivity index is 2.67. The van der Waals surface area contributed by atoms with Crippen LogP contribution in [0.4, 0.5) is 0 Å². The maximum absolute atomic E-state index is 11.3. The molecule has 0 aliphatic carbocycles. The van der Waals surface area contributed by atoms with Crippen LogP contribution in [0.15, 0.2) is 0 Å². The minimum atomic E-state index is -0.433. The normalized spacial score (nSPS) is 27.7. The maximum atomic E-state index is 11.3. The third-order valence-corrected chi connectivity index (χ3v) is 2.98. The summed E-state index contributed by atoms with van der Waals surface area (Å²) in [6.07, 6.45) is 2.07. The van der Waals surface area contributed by atoms with Crippen LogP contribution >= 0.6 is 0 Å². The average Bonchev–Trinajstić information content (AvgIpc) is 2.02. The van der Waals surface area contributed by atoms with Crippen LogP contribution in [0.25, 0.3) is 0 Å². The Morgan fingerprint density at radius 3 is 2.29 bits per heavy atom. The van der Waals surface area contributed by atoms with Gasteiger partial charge in [-0.3, -0.25) is 9.59 Å². The molecular formula is C11H19NO2. The molecule has 1 N–H and O–H groups in total. The van der Waals surface area contributed by atoms with E-state index in [0.717, 1.165) is 19.4 Å². The number of piperidine rings is 1. The van der Waals surface area contributed by atoms with E-state index in [4.69, 9.17) is 0 Å². The Bertz CT molecular complexity index is 223. The average molecular weight is 197 g/mol. The number of hydrogen-bond acceptors (Lipinski definition) is 3. The summed E-state index contributed by atoms with van der Waals surface area (Å²) in [5, 5.41) is 3.27. The standard InChI is InChI=1S/C11H19NO2/c1-7-4-5-12-10(6-7)11(8(2)13)9(3)14/h7,10-12H,4-6H2,1-3H3. The molecule has 0 aromatic carbocycles. The van der Waals surface area contributed by atoms with Crippen LogP contribution in [0.3, 0.4) is 0 Å². The Hall–Kier alpha value is -0.700. The van der Waals surface area contributed by atoms with Crippen LogP contribution in [0.2, 0.25) is 0 Å². The Morgan fingerprint density at radius 2 is 1.86 bits per heavy atom. The van der Waals surface area contributed by atoms with Gasteiger partial charge in [-0.2, -0.15) is 0 Å². The molecule has 3 nitrogen and oxygen atoms in total. The van der Waals surface area contributed by atoms with Crippen molar-refractivity contribution in [3.8, 4) is 0 Å². The molecule has 80 valence electrons. The topological polar surface area (TPSA) is 46.2 Å². The molecule has 1 saturated heterocycles. The summed E-state index contributed by atoms with van der Waals surface area (Å²) in [7, 11) is 0. The molecule has 14 heavy (non-hydrogen) atoms. The van der Waals surface area contributed by atoms with Gasteiger partial charge in [-0.25, -0.2) is 0 Å². The van der Waals surface area contributed by atoms with Crippen LogP contribution in [0, 0.1) is 11.8 Å². The van der Waals surface area contributed by atoms with E-state index in [9.17, 15) is 9.59 Å². The van der Waals surface area contributed by atoms with Crippen LogP contribution < -0.4 is 5.32 Å². The molecule has 0 aromatic rings. The van der Waals surface area contributed by atoms with E-state index in [0.29, 0.717) is 5.92 Å². The highest BCUT2D eigenvalue weighted by molar-refractivity contribution is 6.01. The largest absolute Gasteiger partial charge is 0.313 e. The van der Waals surface area contributed by atoms with E-state index >= 15 is 0 Å². The van der Waals surface area contributed by atoms with E-state index < -0.39 is 5.92 Å². The van der Waals surface area contributed by atoms with Crippen LogP contribution in [0.5, 0.6) is 0 Å². The molecule has 1 rings (SSSR count). The first-order valence-corrected chi connectivity index (χ1v) is 5.26. The number of hydrogen-bond donors (Lipinski definition) is 1. The van der Waals surface area contributed by atoms with Gasteiger partial charge in [0.05, 0.1) is 5.92 Å². The number of nitrogens with one attached hydrogen (secondary N) is 1. The zero-order chi connectivity index (χ0) is 10.7. The quantitative estimate of drug-likeness (QED) is 0.691. The number of rotatable bonds is 3. The fourth-order valence-electron chi connectivity index (χ4n) is 2.26. The van der Waals surface area contributed by atoms with Gasteiger partial charge in [0.1, 0.15) is 11.6 Å². The molecule has 2 unspecified atom stereocenters. The lowest BCUT2D eigenvalue weighted by atomic mass is 9.83. The molecule has 0 bridgehead atoms. The Labute approximate surface area is 85.3 Å². The van der Waals surface area contributed by atoms with Gasteiger partial charge in [0.15, 0.2) is 0 Å². The van der Waals surface area contributed by atoms with Gasteiger partial charge < -0.3 is 5.32 Å². The summed E-state index contributed by atoms with van der Waals surface area (Å²) in [6, 6.07) is 0.0637. The number of carbonyl (C=O) groups excluding carboxylic acids is 2. The van der Waals surface area contributed by atoms with Crippen molar-refractivity contribution in [3.05, 3.63) is 0 Å². The fraction of sp³-hybridized carbons (Fsp3) is 0.818. The summed E-state index contributed by atoms with van der Waals surface area (Å²) >= 11 is 0. The summed E-state index contributed by atoms with van der Waals surface area (Å²) < 4.78 is 0. The first-order chi connectivity index (χ1) is 6.52. The fourth-order valence-corrected chi connectivity index (χ4v) is 2.26. The van der Waals surface area contributed by atoms with Crippen molar-refractivity contribution >= 4 is 11.6 Å². The molecular weight excluding hydrogens is 178 g/mol. The van der Waals surface area contributed by atoms with Gasteiger partial charge in [0, 0.05) is 6.04 Å². The smallest absolute Gasteiger partial charge is 0.141 e. The molecule has 0 amide bonds. The monoisotopic (exact) mass is 197 g/mol. The number of ketones is 2. The lowest BCUT2D eigenvalue weighted by Crippen LogP contribution is -2.47. The maximum Gasteiger partial charge on any atom is 0.141 e. The van der Waals surface area contributed by atoms with E-state index in [1.54, 1.807) is 0 Å². The second kappa shape index (κ2) is 4.69. The van der Waals surface area contributed by atoms with Crippen molar-refractivity contribution in [2.75, 3.05) is 6.54 Å². The molecule has 1 heterocycles. The van der Waals surface area contributed by atoms with E-state index in [1.165, 1.54) is 13.8 Å². The Morgan fingerprint density at radius 1 is 1.29 bits per heavy atom. The van der Waals surface area contributed by atoms with Crippen LogP contribution in [-0.2, 0) is 9.59 Å². The van der Waals surface area contributed by atoms with Gasteiger partial charge in [0.2, 0.25) is 0 Å². The highest BCUT2D eigenvalue weighted by atomic mass is 16.1. The van der Waals surface area contributed by atoms with Gasteiger partial charge in [-0.15, -0.1) is 0 Å². The summed E-state index contributed by atoms with van der Waals surface area (Å²) in [5.41, 5.74) is 0. The van der Waals surface area contributed by atoms with Crippen LogP contribution in [-0.4, -0.2) is 24.2 Å². The summed E-state index contributed by atoms with van der Waals surface area (Å²) in [6.45, 7) is 6.11. The van der Waals surface area contributed by atoms with Gasteiger partial charge >= 0.3 is 0 Å². The molecule has 1 fully saturated rings. The highest BCUT2D eigenvalue weighted by Crippen LogP contribution is 2.21. The molecule has 1 aliphatic heterocycles. The lowest BCUT2D eigenvalue weighted by molar-refractivity contribution is -0.132. The van der Waals surface area contributed by atoms with E-state index in [1.807, 2.05) is 0 Å². The molecule has 1 aliphatic rings. The van der Waals surface area contributed by atoms with E-state index in [-0.39, 0.29) is 17.6 Å². The first kappa shape index (κ1) is 11.4. The van der Waals surface area contributed by atoms with Crippen molar-refractivity contribution in [1.82, 2.24) is 5.32 Å². The first-order valence-electron chi connectivity index (χ1n) is 5.26. The van der Waals surface area contributed by atoms with Crippen molar-refractivity contribution in [1.29, 1.82) is 0 Å². The third kappa shape index (κ3) is 2.64.